The van der Waals surface area contributed by atoms with Crippen molar-refractivity contribution in [1.82, 2.24) is 25.6 Å². The first-order chi connectivity index (χ1) is 8.40. The number of aromatic nitrogens is 3. The lowest BCUT2D eigenvalue weighted by atomic mass is 10.1. The molecule has 102 valence electrons. The summed E-state index contributed by atoms with van der Waals surface area (Å²) in [6, 6.07) is 0. The van der Waals surface area contributed by atoms with E-state index in [-0.39, 0.29) is 18.0 Å². The first-order valence-corrected chi connectivity index (χ1v) is 6.31. The molecule has 0 atom stereocenters. The molecule has 0 aliphatic heterocycles. The van der Waals surface area contributed by atoms with E-state index in [1.807, 2.05) is 20.8 Å². The maximum Gasteiger partial charge on any atom is 0.242 e. The van der Waals surface area contributed by atoms with Gasteiger partial charge < -0.3 is 10.6 Å². The number of hydrogen-bond acceptors (Lipinski definition) is 4. The molecule has 0 saturated carbocycles. The second-order valence-electron chi connectivity index (χ2n) is 5.38. The van der Waals surface area contributed by atoms with Crippen LogP contribution in [-0.2, 0) is 17.9 Å². The Labute approximate surface area is 108 Å². The van der Waals surface area contributed by atoms with E-state index < -0.39 is 0 Å². The van der Waals surface area contributed by atoms with Gasteiger partial charge in [0.2, 0.25) is 5.91 Å². The maximum absolute atomic E-state index is 11.7. The van der Waals surface area contributed by atoms with Crippen LogP contribution in [0.15, 0.2) is 6.20 Å². The van der Waals surface area contributed by atoms with Crippen LogP contribution in [0, 0.1) is 0 Å². The number of nitrogens with one attached hydrogen (secondary N) is 2. The second-order valence-corrected chi connectivity index (χ2v) is 5.38. The summed E-state index contributed by atoms with van der Waals surface area (Å²) in [5, 5.41) is 14.1. The standard InChI is InChI=1S/C12H23N5O/c1-5-6-13-7-10-8-17(16-15-10)9-11(18)14-12(2,3)4/h8,13H,5-7,9H2,1-4H3,(H,14,18). The predicted octanol–water partition coefficient (Wildman–Crippen LogP) is 0.692. The molecule has 1 aromatic rings. The average molecular weight is 253 g/mol. The number of carbonyl (C=O) groups is 1. The Morgan fingerprint density at radius 3 is 2.78 bits per heavy atom. The fraction of sp³-hybridized carbons (Fsp3) is 0.750. The minimum absolute atomic E-state index is 0.0551. The number of carbonyl (C=O) groups excluding carboxylic acids is 1. The van der Waals surface area contributed by atoms with Gasteiger partial charge in [0.25, 0.3) is 0 Å². The molecule has 6 heteroatoms. The summed E-state index contributed by atoms with van der Waals surface area (Å²) in [7, 11) is 0. The van der Waals surface area contributed by atoms with Gasteiger partial charge in [-0.3, -0.25) is 4.79 Å². The molecule has 0 spiro atoms. The highest BCUT2D eigenvalue weighted by molar-refractivity contribution is 5.76. The quantitative estimate of drug-likeness (QED) is 0.732. The molecule has 0 aliphatic rings. The highest BCUT2D eigenvalue weighted by atomic mass is 16.2. The third-order valence-electron chi connectivity index (χ3n) is 2.14. The Bertz CT molecular complexity index is 380. The Morgan fingerprint density at radius 2 is 2.17 bits per heavy atom. The van der Waals surface area contributed by atoms with Crippen molar-refractivity contribution in [3.05, 3.63) is 11.9 Å². The van der Waals surface area contributed by atoms with Crippen LogP contribution in [0.25, 0.3) is 0 Å². The molecule has 6 nitrogen and oxygen atoms in total. The molecule has 0 unspecified atom stereocenters. The molecule has 1 heterocycles. The number of rotatable bonds is 6. The topological polar surface area (TPSA) is 71.8 Å². The lowest BCUT2D eigenvalue weighted by Gasteiger charge is -2.20. The number of amides is 1. The van der Waals surface area contributed by atoms with Gasteiger partial charge in [0.05, 0.1) is 11.9 Å². The molecule has 0 bridgehead atoms. The summed E-state index contributed by atoms with van der Waals surface area (Å²) in [5.74, 6) is -0.0551. The third kappa shape index (κ3) is 5.77. The molecule has 18 heavy (non-hydrogen) atoms. The molecule has 0 aliphatic carbocycles. The van der Waals surface area contributed by atoms with E-state index in [1.165, 1.54) is 0 Å². The van der Waals surface area contributed by atoms with E-state index >= 15 is 0 Å². The van der Waals surface area contributed by atoms with Crippen molar-refractivity contribution >= 4 is 5.91 Å². The molecule has 0 aromatic carbocycles. The zero-order valence-corrected chi connectivity index (χ0v) is 11.7. The van der Waals surface area contributed by atoms with Crippen LogP contribution < -0.4 is 10.6 Å². The fourth-order valence-electron chi connectivity index (χ4n) is 1.49. The lowest BCUT2D eigenvalue weighted by molar-refractivity contribution is -0.123. The smallest absolute Gasteiger partial charge is 0.242 e. The van der Waals surface area contributed by atoms with Gasteiger partial charge in [0, 0.05) is 12.1 Å². The highest BCUT2D eigenvalue weighted by Gasteiger charge is 2.14. The van der Waals surface area contributed by atoms with E-state index in [0.29, 0.717) is 6.54 Å². The van der Waals surface area contributed by atoms with Gasteiger partial charge in [0.1, 0.15) is 6.54 Å². The highest BCUT2D eigenvalue weighted by Crippen LogP contribution is 1.99. The van der Waals surface area contributed by atoms with Crippen LogP contribution in [0.1, 0.15) is 39.8 Å². The third-order valence-corrected chi connectivity index (χ3v) is 2.14. The Morgan fingerprint density at radius 1 is 1.44 bits per heavy atom. The van der Waals surface area contributed by atoms with Gasteiger partial charge in [-0.2, -0.15) is 0 Å². The van der Waals surface area contributed by atoms with E-state index in [9.17, 15) is 4.79 Å². The predicted molar refractivity (Wildman–Crippen MR) is 69.9 cm³/mol. The molecular formula is C12H23N5O. The summed E-state index contributed by atoms with van der Waals surface area (Å²) in [5.41, 5.74) is 0.635. The van der Waals surface area contributed by atoms with Crippen molar-refractivity contribution in [2.24, 2.45) is 0 Å². The van der Waals surface area contributed by atoms with Crippen molar-refractivity contribution in [3.8, 4) is 0 Å². The van der Waals surface area contributed by atoms with Crippen molar-refractivity contribution in [1.29, 1.82) is 0 Å². The Hall–Kier alpha value is -1.43. The van der Waals surface area contributed by atoms with E-state index in [0.717, 1.165) is 18.7 Å². The molecule has 0 saturated heterocycles. The van der Waals surface area contributed by atoms with Crippen molar-refractivity contribution in [2.75, 3.05) is 6.54 Å². The van der Waals surface area contributed by atoms with Crippen LogP contribution in [0.2, 0.25) is 0 Å². The first-order valence-electron chi connectivity index (χ1n) is 6.31. The largest absolute Gasteiger partial charge is 0.350 e. The molecule has 1 amide bonds. The molecule has 1 aromatic heterocycles. The van der Waals surface area contributed by atoms with Crippen LogP contribution in [0.3, 0.4) is 0 Å². The maximum atomic E-state index is 11.7. The van der Waals surface area contributed by atoms with Gasteiger partial charge in [-0.15, -0.1) is 5.10 Å². The van der Waals surface area contributed by atoms with Crippen LogP contribution in [0.5, 0.6) is 0 Å². The summed E-state index contributed by atoms with van der Waals surface area (Å²) < 4.78 is 1.56. The summed E-state index contributed by atoms with van der Waals surface area (Å²) in [4.78, 5) is 11.7. The SMILES string of the molecule is CCCNCc1cn(CC(=O)NC(C)(C)C)nn1. The molecular weight excluding hydrogens is 230 g/mol. The minimum Gasteiger partial charge on any atom is -0.350 e. The normalized spacial score (nSPS) is 11.6. The van der Waals surface area contributed by atoms with Crippen LogP contribution in [0.4, 0.5) is 0 Å². The van der Waals surface area contributed by atoms with Crippen molar-refractivity contribution in [3.63, 3.8) is 0 Å². The van der Waals surface area contributed by atoms with Gasteiger partial charge in [-0.05, 0) is 33.7 Å². The van der Waals surface area contributed by atoms with E-state index in [2.05, 4.69) is 27.9 Å². The van der Waals surface area contributed by atoms with E-state index in [1.54, 1.807) is 10.9 Å². The summed E-state index contributed by atoms with van der Waals surface area (Å²) in [6.07, 6.45) is 2.88. The van der Waals surface area contributed by atoms with Crippen molar-refractivity contribution < 1.29 is 4.79 Å². The Balaban J connectivity index is 2.41. The second kappa shape index (κ2) is 6.49. The first kappa shape index (κ1) is 14.6. The average Bonchev–Trinajstić information content (AvgIpc) is 2.63. The van der Waals surface area contributed by atoms with Gasteiger partial charge in [-0.25, -0.2) is 4.68 Å². The fourth-order valence-corrected chi connectivity index (χ4v) is 1.49. The minimum atomic E-state index is -0.219. The molecule has 0 fully saturated rings. The summed E-state index contributed by atoms with van der Waals surface area (Å²) >= 11 is 0. The van der Waals surface area contributed by atoms with Crippen LogP contribution in [-0.4, -0.2) is 33.0 Å². The van der Waals surface area contributed by atoms with Crippen LogP contribution >= 0.6 is 0 Å². The number of nitrogens with zero attached hydrogens (tertiary/aromatic N) is 3. The summed E-state index contributed by atoms with van der Waals surface area (Å²) in [6.45, 7) is 9.82. The van der Waals surface area contributed by atoms with Gasteiger partial charge >= 0.3 is 0 Å². The molecule has 2 N–H and O–H groups in total. The number of hydrogen-bond donors (Lipinski definition) is 2. The molecule has 1 rings (SSSR count). The zero-order valence-electron chi connectivity index (χ0n) is 11.7. The van der Waals surface area contributed by atoms with Crippen molar-refractivity contribution in [2.45, 2.75) is 52.7 Å². The monoisotopic (exact) mass is 253 g/mol. The molecule has 0 radical (unpaired) electrons. The van der Waals surface area contributed by atoms with E-state index in [4.69, 9.17) is 0 Å². The van der Waals surface area contributed by atoms with Gasteiger partial charge in [-0.1, -0.05) is 12.1 Å². The lowest BCUT2D eigenvalue weighted by Crippen LogP contribution is -2.42. The Kier molecular flexibility index (Phi) is 5.27. The van der Waals surface area contributed by atoms with Gasteiger partial charge in [0.15, 0.2) is 0 Å². The zero-order chi connectivity index (χ0) is 13.6.